The third kappa shape index (κ3) is 10.4. The van der Waals surface area contributed by atoms with Crippen LogP contribution in [0.1, 0.15) is 27.2 Å². The maximum absolute atomic E-state index is 4.96. The Kier molecular flexibility index (Phi) is 16.4. The Morgan fingerprint density at radius 2 is 1.82 bits per heavy atom. The van der Waals surface area contributed by atoms with Gasteiger partial charge < -0.3 is 9.26 Å². The highest BCUT2D eigenvalue weighted by molar-refractivity contribution is 7.09. The van der Waals surface area contributed by atoms with E-state index in [1.165, 1.54) is 0 Å². The van der Waals surface area contributed by atoms with Crippen molar-refractivity contribution in [1.82, 2.24) is 0 Å². The fraction of sp³-hybridized carbons (Fsp3) is 1.00. The van der Waals surface area contributed by atoms with Crippen LogP contribution < -0.4 is 0 Å². The van der Waals surface area contributed by atoms with E-state index in [1.54, 1.807) is 7.11 Å². The van der Waals surface area contributed by atoms with Crippen molar-refractivity contribution in [3.05, 3.63) is 0 Å². The molecule has 0 aromatic carbocycles. The van der Waals surface area contributed by atoms with E-state index in [0.29, 0.717) is 5.92 Å². The molecular weight excluding hydrogens is 159 g/mol. The van der Waals surface area contributed by atoms with Gasteiger partial charge in [-0.3, -0.25) is 0 Å². The zero-order valence-corrected chi connectivity index (χ0v) is 9.25. The summed E-state index contributed by atoms with van der Waals surface area (Å²) in [4.78, 5) is 0. The fourth-order valence-corrected chi connectivity index (χ4v) is 0.928. The molecule has 2 atom stereocenters. The fourth-order valence-electron chi connectivity index (χ4n) is 0.656. The lowest BCUT2D eigenvalue weighted by atomic mass is 10.1. The molecular formula is C8H21O2P. The van der Waals surface area contributed by atoms with Crippen molar-refractivity contribution < 1.29 is 9.26 Å². The molecule has 0 aromatic rings. The molecule has 0 spiro atoms. The van der Waals surface area contributed by atoms with Crippen LogP contribution in [0.25, 0.3) is 0 Å². The van der Waals surface area contributed by atoms with E-state index in [1.807, 2.05) is 13.8 Å². The van der Waals surface area contributed by atoms with Gasteiger partial charge in [0.15, 0.2) is 0 Å². The van der Waals surface area contributed by atoms with Gasteiger partial charge in [0.1, 0.15) is 0 Å². The molecule has 0 aliphatic rings. The monoisotopic (exact) mass is 180 g/mol. The summed E-state index contributed by atoms with van der Waals surface area (Å²) in [5.74, 6) is 0.549. The van der Waals surface area contributed by atoms with E-state index in [4.69, 9.17) is 9.26 Å². The number of hydrogen-bond acceptors (Lipinski definition) is 2. The molecule has 2 nitrogen and oxygen atoms in total. The summed E-state index contributed by atoms with van der Waals surface area (Å²) in [6.07, 6.45) is 1.11. The molecule has 0 radical (unpaired) electrons. The van der Waals surface area contributed by atoms with Gasteiger partial charge in [-0.05, 0) is 6.42 Å². The van der Waals surface area contributed by atoms with E-state index in [9.17, 15) is 0 Å². The smallest absolute Gasteiger partial charge is 0.0552 e. The lowest BCUT2D eigenvalue weighted by Crippen LogP contribution is -2.11. The third-order valence-electron chi connectivity index (χ3n) is 1.31. The minimum Gasteiger partial charge on any atom is -0.384 e. The Morgan fingerprint density at radius 3 is 2.09 bits per heavy atom. The summed E-state index contributed by atoms with van der Waals surface area (Å²) in [6.45, 7) is 7.70. The predicted molar refractivity (Wildman–Crippen MR) is 52.7 cm³/mol. The molecule has 0 aliphatic heterocycles. The minimum atomic E-state index is 0.549. The Bertz CT molecular complexity index is 54.1. The maximum Gasteiger partial charge on any atom is 0.0552 e. The van der Waals surface area contributed by atoms with E-state index < -0.39 is 0 Å². The molecule has 0 saturated heterocycles. The first kappa shape index (κ1) is 13.9. The molecule has 0 fully saturated rings. The van der Waals surface area contributed by atoms with Gasteiger partial charge in [0.05, 0.1) is 13.2 Å². The van der Waals surface area contributed by atoms with Crippen molar-refractivity contribution in [2.45, 2.75) is 27.2 Å². The lowest BCUT2D eigenvalue weighted by Gasteiger charge is -2.10. The highest BCUT2D eigenvalue weighted by Crippen LogP contribution is 2.04. The molecule has 0 aromatic heterocycles. The van der Waals surface area contributed by atoms with Gasteiger partial charge in [-0.15, -0.1) is 0 Å². The van der Waals surface area contributed by atoms with Gasteiger partial charge in [-0.2, -0.15) is 0 Å². The summed E-state index contributed by atoms with van der Waals surface area (Å²) < 4.78 is 9.84. The average molecular weight is 180 g/mol. The summed E-state index contributed by atoms with van der Waals surface area (Å²) in [5.41, 5.74) is 0. The number of rotatable bonds is 5. The molecule has 0 saturated carbocycles. The second kappa shape index (κ2) is 13.0. The van der Waals surface area contributed by atoms with Crippen LogP contribution in [0, 0.1) is 5.92 Å². The zero-order chi connectivity index (χ0) is 9.11. The normalized spacial score (nSPS) is 11.7. The Balaban J connectivity index is 0. The van der Waals surface area contributed by atoms with Crippen LogP contribution in [0.5, 0.6) is 0 Å². The van der Waals surface area contributed by atoms with Gasteiger partial charge in [0.25, 0.3) is 0 Å². The summed E-state index contributed by atoms with van der Waals surface area (Å²) >= 11 is 0. The van der Waals surface area contributed by atoms with Crippen molar-refractivity contribution in [3.63, 3.8) is 0 Å². The highest BCUT2D eigenvalue weighted by atomic mass is 31.0. The molecule has 0 N–H and O–H groups in total. The van der Waals surface area contributed by atoms with Crippen LogP contribution >= 0.6 is 9.47 Å². The second-order valence-corrected chi connectivity index (χ2v) is 2.40. The van der Waals surface area contributed by atoms with E-state index in [-0.39, 0.29) is 0 Å². The molecule has 0 bridgehead atoms. The number of hydrogen-bond donors (Lipinski definition) is 0. The number of methoxy groups -OCH3 is 1. The van der Waals surface area contributed by atoms with Gasteiger partial charge in [0, 0.05) is 22.5 Å². The molecule has 70 valence electrons. The summed E-state index contributed by atoms with van der Waals surface area (Å²) in [6, 6.07) is 0. The Morgan fingerprint density at radius 1 is 1.27 bits per heavy atom. The van der Waals surface area contributed by atoms with Gasteiger partial charge in [-0.25, -0.2) is 0 Å². The Labute approximate surface area is 72.9 Å². The third-order valence-corrected chi connectivity index (χ3v) is 1.50. The van der Waals surface area contributed by atoms with Gasteiger partial charge in [-0.1, -0.05) is 20.8 Å². The number of ether oxygens (including phenoxy) is 1. The van der Waals surface area contributed by atoms with Crippen molar-refractivity contribution in [2.75, 3.05) is 20.3 Å². The average Bonchev–Trinajstić information content (AvgIpc) is 2.08. The quantitative estimate of drug-likeness (QED) is 0.605. The molecule has 11 heavy (non-hydrogen) atoms. The molecule has 0 heterocycles. The molecule has 3 heteroatoms. The molecule has 2 unspecified atom stereocenters. The standard InChI is InChI=1S/C6H15O2P.C2H6/c1-3-6(4-7-2)5-8-9;1-2/h6H,3-5,9H2,1-2H3;1-2H3. The predicted octanol–water partition coefficient (Wildman–Crippen LogP) is 2.49. The Hall–Kier alpha value is 0.350. The van der Waals surface area contributed by atoms with E-state index >= 15 is 0 Å². The van der Waals surface area contributed by atoms with Crippen LogP contribution in [-0.4, -0.2) is 20.3 Å². The SMILES string of the molecule is CC.CCC(COC)COP. The first-order chi connectivity index (χ1) is 5.35. The molecule has 0 aliphatic carbocycles. The maximum atomic E-state index is 4.96. The van der Waals surface area contributed by atoms with Crippen LogP contribution in [0.2, 0.25) is 0 Å². The molecule has 0 rings (SSSR count). The summed E-state index contributed by atoms with van der Waals surface area (Å²) in [7, 11) is 3.96. The lowest BCUT2D eigenvalue weighted by molar-refractivity contribution is 0.122. The van der Waals surface area contributed by atoms with Crippen molar-refractivity contribution >= 4 is 9.47 Å². The van der Waals surface area contributed by atoms with Crippen LogP contribution in [-0.2, 0) is 9.26 Å². The van der Waals surface area contributed by atoms with E-state index in [2.05, 4.69) is 16.4 Å². The first-order valence-electron chi connectivity index (χ1n) is 4.15. The second-order valence-electron chi connectivity index (χ2n) is 2.06. The zero-order valence-electron chi connectivity index (χ0n) is 8.09. The van der Waals surface area contributed by atoms with Crippen LogP contribution in [0.15, 0.2) is 0 Å². The van der Waals surface area contributed by atoms with Crippen molar-refractivity contribution in [2.24, 2.45) is 5.92 Å². The van der Waals surface area contributed by atoms with Crippen LogP contribution in [0.3, 0.4) is 0 Å². The summed E-state index contributed by atoms with van der Waals surface area (Å²) in [5, 5.41) is 0. The van der Waals surface area contributed by atoms with Gasteiger partial charge in [0.2, 0.25) is 0 Å². The van der Waals surface area contributed by atoms with Crippen molar-refractivity contribution in [1.29, 1.82) is 0 Å². The largest absolute Gasteiger partial charge is 0.384 e. The van der Waals surface area contributed by atoms with Gasteiger partial charge >= 0.3 is 0 Å². The first-order valence-corrected chi connectivity index (χ1v) is 4.62. The van der Waals surface area contributed by atoms with E-state index in [0.717, 1.165) is 19.6 Å². The molecule has 0 amide bonds. The van der Waals surface area contributed by atoms with Crippen molar-refractivity contribution in [3.8, 4) is 0 Å². The topological polar surface area (TPSA) is 18.5 Å². The minimum absolute atomic E-state index is 0.549. The van der Waals surface area contributed by atoms with Crippen LogP contribution in [0.4, 0.5) is 0 Å². The highest BCUT2D eigenvalue weighted by Gasteiger charge is 2.03.